The van der Waals surface area contributed by atoms with Crippen molar-refractivity contribution in [3.63, 3.8) is 0 Å². The summed E-state index contributed by atoms with van der Waals surface area (Å²) in [5.74, 6) is -8.53. The van der Waals surface area contributed by atoms with Crippen molar-refractivity contribution in [1.29, 1.82) is 0 Å². The lowest BCUT2D eigenvalue weighted by Crippen LogP contribution is -2.47. The van der Waals surface area contributed by atoms with E-state index in [1.807, 2.05) is 0 Å². The van der Waals surface area contributed by atoms with E-state index in [4.69, 9.17) is 26.8 Å². The number of rotatable bonds is 5. The highest BCUT2D eigenvalue weighted by Crippen LogP contribution is 2.55. The Morgan fingerprint density at radius 2 is 1.91 bits per heavy atom. The Morgan fingerprint density at radius 3 is 2.47 bits per heavy atom. The summed E-state index contributed by atoms with van der Waals surface area (Å²) in [4.78, 5) is 28.1. The van der Waals surface area contributed by atoms with Crippen molar-refractivity contribution in [3.8, 4) is 5.75 Å². The summed E-state index contributed by atoms with van der Waals surface area (Å²) in [6.07, 6.45) is -5.60. The minimum atomic E-state index is -4.93. The van der Waals surface area contributed by atoms with Crippen LogP contribution in [0, 0.1) is 17.6 Å². The van der Waals surface area contributed by atoms with Crippen LogP contribution in [0.5, 0.6) is 5.75 Å². The summed E-state index contributed by atoms with van der Waals surface area (Å²) in [7, 11) is 0.996. The molecule has 1 aromatic carbocycles. The molecule has 0 unspecified atom stereocenters. The fraction of sp³-hybridized carbons (Fsp3) is 0.381. The zero-order valence-electron chi connectivity index (χ0n) is 18.0. The number of carbonyl (C=O) groups is 2. The Morgan fingerprint density at radius 1 is 1.26 bits per heavy atom. The predicted octanol–water partition coefficient (Wildman–Crippen LogP) is 4.20. The molecule has 184 valence electrons. The van der Waals surface area contributed by atoms with Crippen molar-refractivity contribution in [1.82, 2.24) is 4.98 Å². The van der Waals surface area contributed by atoms with Crippen LogP contribution >= 0.6 is 11.6 Å². The van der Waals surface area contributed by atoms with Gasteiger partial charge in [0.2, 0.25) is 5.82 Å². The van der Waals surface area contributed by atoms with E-state index in [1.54, 1.807) is 0 Å². The number of amides is 2. The van der Waals surface area contributed by atoms with E-state index >= 15 is 0 Å². The highest BCUT2D eigenvalue weighted by atomic mass is 35.5. The number of aromatic nitrogens is 1. The number of anilines is 1. The first-order valence-electron chi connectivity index (χ1n) is 9.75. The highest BCUT2D eigenvalue weighted by molar-refractivity contribution is 6.30. The fourth-order valence-electron chi connectivity index (χ4n) is 3.93. The van der Waals surface area contributed by atoms with Gasteiger partial charge < -0.3 is 20.5 Å². The number of pyridine rings is 1. The van der Waals surface area contributed by atoms with Crippen LogP contribution in [0.2, 0.25) is 5.02 Å². The number of nitrogens with two attached hydrogens (primary N) is 1. The van der Waals surface area contributed by atoms with Gasteiger partial charge in [0.05, 0.1) is 12.1 Å². The summed E-state index contributed by atoms with van der Waals surface area (Å²) in [5, 5.41) is 1.64. The van der Waals surface area contributed by atoms with E-state index in [0.717, 1.165) is 39.3 Å². The number of alkyl halides is 3. The van der Waals surface area contributed by atoms with Crippen molar-refractivity contribution in [2.45, 2.75) is 37.6 Å². The zero-order valence-corrected chi connectivity index (χ0v) is 18.7. The molecule has 0 aliphatic carbocycles. The molecule has 2 heterocycles. The van der Waals surface area contributed by atoms with Crippen LogP contribution in [-0.4, -0.2) is 41.8 Å². The van der Waals surface area contributed by atoms with E-state index in [1.165, 1.54) is 6.07 Å². The fourth-order valence-corrected chi connectivity index (χ4v) is 4.13. The number of carbonyl (C=O) groups excluding carboxylic acids is 2. The van der Waals surface area contributed by atoms with Crippen molar-refractivity contribution in [3.05, 3.63) is 52.3 Å². The smallest absolute Gasteiger partial charge is 0.417 e. The molecule has 4 atom stereocenters. The maximum Gasteiger partial charge on any atom is 0.417 e. The van der Waals surface area contributed by atoms with E-state index in [-0.39, 0.29) is 16.9 Å². The third-order valence-corrected chi connectivity index (χ3v) is 6.19. The number of ether oxygens (including phenoxy) is 2. The largest absolute Gasteiger partial charge is 0.493 e. The lowest BCUT2D eigenvalue weighted by molar-refractivity contribution is -0.272. The van der Waals surface area contributed by atoms with Crippen molar-refractivity contribution < 1.29 is 41.0 Å². The summed E-state index contributed by atoms with van der Waals surface area (Å²) in [6.45, 7) is 1.92. The molecule has 7 nitrogen and oxygen atoms in total. The van der Waals surface area contributed by atoms with Crippen molar-refractivity contribution >= 4 is 29.1 Å². The van der Waals surface area contributed by atoms with Crippen LogP contribution < -0.4 is 15.8 Å². The number of methoxy groups -OCH3 is 1. The van der Waals surface area contributed by atoms with Crippen LogP contribution in [0.3, 0.4) is 0 Å². The predicted molar refractivity (Wildman–Crippen MR) is 111 cm³/mol. The number of halogens is 6. The summed E-state index contributed by atoms with van der Waals surface area (Å²) >= 11 is 5.75. The molecular weight excluding hydrogens is 489 g/mol. The highest BCUT2D eigenvalue weighted by Gasteiger charge is 2.66. The number of hydrogen-bond acceptors (Lipinski definition) is 5. The molecule has 0 bridgehead atoms. The molecule has 1 aliphatic heterocycles. The molecule has 2 aromatic rings. The molecule has 3 rings (SSSR count). The molecule has 34 heavy (non-hydrogen) atoms. The topological polar surface area (TPSA) is 104 Å². The molecular formula is C21H19ClF5N3O4. The lowest BCUT2D eigenvalue weighted by Gasteiger charge is -2.32. The first kappa shape index (κ1) is 25.6. The van der Waals surface area contributed by atoms with Gasteiger partial charge in [-0.1, -0.05) is 18.5 Å². The quantitative estimate of drug-likeness (QED) is 0.466. The molecule has 0 radical (unpaired) electrons. The maximum absolute atomic E-state index is 14.5. The van der Waals surface area contributed by atoms with Gasteiger partial charge in [-0.2, -0.15) is 17.6 Å². The van der Waals surface area contributed by atoms with Gasteiger partial charge in [0.25, 0.3) is 11.8 Å². The van der Waals surface area contributed by atoms with E-state index < -0.39 is 63.9 Å². The minimum Gasteiger partial charge on any atom is -0.493 e. The zero-order chi connectivity index (χ0) is 25.6. The molecule has 1 fully saturated rings. The number of nitrogens with zero attached hydrogens (tertiary/aromatic N) is 1. The van der Waals surface area contributed by atoms with Crippen LogP contribution in [0.4, 0.5) is 27.6 Å². The number of nitrogens with one attached hydrogen (secondary N) is 1. The second-order valence-electron chi connectivity index (χ2n) is 7.85. The molecule has 3 N–H and O–H groups in total. The molecule has 1 aromatic heterocycles. The average molecular weight is 508 g/mol. The Balaban J connectivity index is 2.12. The Hall–Kier alpha value is -2.99. The Bertz CT molecular complexity index is 1150. The van der Waals surface area contributed by atoms with Gasteiger partial charge in [0.15, 0.2) is 17.2 Å². The van der Waals surface area contributed by atoms with Crippen LogP contribution in [0.25, 0.3) is 0 Å². The third kappa shape index (κ3) is 4.27. The Kier molecular flexibility index (Phi) is 6.78. The van der Waals surface area contributed by atoms with Gasteiger partial charge in [-0.3, -0.25) is 14.6 Å². The van der Waals surface area contributed by atoms with Gasteiger partial charge >= 0.3 is 6.18 Å². The first-order chi connectivity index (χ1) is 15.7. The summed E-state index contributed by atoms with van der Waals surface area (Å²) < 4.78 is 80.7. The standard InChI is InChI=1S/C21H19ClF5N3O4/c1-8-13(10-7-11(22)14(23)15(24)16(10)33-3)17(34-20(8,2)21(25,26)27)19(32)30-9-4-5-29-12(6-9)18(28)31/h4-8,13,17H,1-3H3,(H2,28,31)(H,29,30,32)/t8-,13-,17+,20+/m1/s1. The Labute approximate surface area is 195 Å². The van der Waals surface area contributed by atoms with Gasteiger partial charge in [0.1, 0.15) is 11.8 Å². The normalized spacial score (nSPS) is 24.7. The van der Waals surface area contributed by atoms with E-state index in [2.05, 4.69) is 10.3 Å². The monoisotopic (exact) mass is 507 g/mol. The summed E-state index contributed by atoms with van der Waals surface area (Å²) in [5.41, 5.74) is 1.83. The second kappa shape index (κ2) is 8.99. The summed E-state index contributed by atoms with van der Waals surface area (Å²) in [6, 6.07) is 3.30. The van der Waals surface area contributed by atoms with Gasteiger partial charge in [0, 0.05) is 29.3 Å². The molecule has 0 spiro atoms. The van der Waals surface area contributed by atoms with Gasteiger partial charge in [-0.05, 0) is 25.1 Å². The molecule has 2 amide bonds. The third-order valence-electron chi connectivity index (χ3n) is 5.92. The number of primary amides is 1. The SMILES string of the molecule is COc1c([C@@H]2[C@@H](C(=O)Nc3ccnc(C(N)=O)c3)O[C@](C)(C(F)(F)F)[C@@H]2C)cc(Cl)c(F)c1F. The van der Waals surface area contributed by atoms with Crippen molar-refractivity contribution in [2.75, 3.05) is 12.4 Å². The molecule has 0 saturated carbocycles. The minimum absolute atomic E-state index is 0.000279. The lowest BCUT2D eigenvalue weighted by atomic mass is 9.77. The molecule has 13 heteroatoms. The van der Waals surface area contributed by atoms with E-state index in [9.17, 15) is 31.5 Å². The van der Waals surface area contributed by atoms with Gasteiger partial charge in [-0.15, -0.1) is 0 Å². The first-order valence-corrected chi connectivity index (χ1v) is 10.1. The van der Waals surface area contributed by atoms with Crippen LogP contribution in [0.1, 0.15) is 35.8 Å². The molecule has 1 aliphatic rings. The number of benzene rings is 1. The number of hydrogen-bond donors (Lipinski definition) is 2. The van der Waals surface area contributed by atoms with Crippen molar-refractivity contribution in [2.24, 2.45) is 11.7 Å². The molecule has 1 saturated heterocycles. The van der Waals surface area contributed by atoms with Crippen LogP contribution in [0.15, 0.2) is 24.4 Å². The second-order valence-corrected chi connectivity index (χ2v) is 8.26. The van der Waals surface area contributed by atoms with Gasteiger partial charge in [-0.25, -0.2) is 4.39 Å². The maximum atomic E-state index is 14.5. The average Bonchev–Trinajstić information content (AvgIpc) is 3.04. The van der Waals surface area contributed by atoms with Crippen LogP contribution in [-0.2, 0) is 9.53 Å². The van der Waals surface area contributed by atoms with E-state index in [0.29, 0.717) is 0 Å².